The summed E-state index contributed by atoms with van der Waals surface area (Å²) < 4.78 is 11.5. The highest BCUT2D eigenvalue weighted by Crippen LogP contribution is 2.27. The van der Waals surface area contributed by atoms with Crippen molar-refractivity contribution in [3.8, 4) is 0 Å². The Morgan fingerprint density at radius 2 is 1.90 bits per heavy atom. The molecule has 1 atom stereocenters. The fraction of sp³-hybridized carbons (Fsp3) is 0.933. The third kappa shape index (κ3) is 4.72. The summed E-state index contributed by atoms with van der Waals surface area (Å²) in [6.07, 6.45) is 2.36. The van der Waals surface area contributed by atoms with Crippen molar-refractivity contribution in [1.29, 1.82) is 0 Å². The topological polar surface area (TPSA) is 50.8 Å². The largest absolute Gasteiger partial charge is 0.376 e. The van der Waals surface area contributed by atoms with Gasteiger partial charge in [-0.15, -0.1) is 0 Å². The third-order valence-corrected chi connectivity index (χ3v) is 3.68. The summed E-state index contributed by atoms with van der Waals surface area (Å²) in [6, 6.07) is 0. The summed E-state index contributed by atoms with van der Waals surface area (Å²) in [5.41, 5.74) is -0.423. The van der Waals surface area contributed by atoms with Gasteiger partial charge in [0.15, 0.2) is 0 Å². The zero-order valence-electron chi connectivity index (χ0n) is 13.2. The van der Waals surface area contributed by atoms with Crippen molar-refractivity contribution in [3.05, 3.63) is 0 Å². The Balaban J connectivity index is 1.78. The smallest absolute Gasteiger partial charge is 0.234 e. The number of nitrogens with zero attached hydrogens (tertiary/aromatic N) is 1. The standard InChI is InChI=1S/C15H28N2O3/c1-14(2)10-17(11-15(3,4)20-14)9-13(18)16-8-12-6-5-7-19-12/h12H,5-11H2,1-4H3,(H,16,18). The third-order valence-electron chi connectivity index (χ3n) is 3.68. The van der Waals surface area contributed by atoms with Gasteiger partial charge in [-0.2, -0.15) is 0 Å². The lowest BCUT2D eigenvalue weighted by Gasteiger charge is -2.46. The van der Waals surface area contributed by atoms with Crippen molar-refractivity contribution in [2.75, 3.05) is 32.8 Å². The average molecular weight is 284 g/mol. The van der Waals surface area contributed by atoms with Crippen LogP contribution in [0.1, 0.15) is 40.5 Å². The number of hydrogen-bond acceptors (Lipinski definition) is 4. The molecule has 2 aliphatic rings. The first-order valence-corrected chi connectivity index (χ1v) is 7.57. The van der Waals surface area contributed by atoms with E-state index in [4.69, 9.17) is 9.47 Å². The van der Waals surface area contributed by atoms with Crippen LogP contribution in [0.2, 0.25) is 0 Å². The summed E-state index contributed by atoms with van der Waals surface area (Å²) in [5, 5.41) is 2.98. The normalized spacial score (nSPS) is 29.3. The van der Waals surface area contributed by atoms with Gasteiger partial charge >= 0.3 is 0 Å². The lowest BCUT2D eigenvalue weighted by atomic mass is 9.99. The number of carbonyl (C=O) groups excluding carboxylic acids is 1. The van der Waals surface area contributed by atoms with Gasteiger partial charge in [0.2, 0.25) is 5.91 Å². The number of carbonyl (C=O) groups is 1. The van der Waals surface area contributed by atoms with Crippen molar-refractivity contribution in [2.45, 2.75) is 57.8 Å². The predicted octanol–water partition coefficient (Wildman–Crippen LogP) is 1.17. The molecule has 0 aromatic carbocycles. The Kier molecular flexibility index (Phi) is 4.72. The fourth-order valence-corrected chi connectivity index (χ4v) is 3.35. The maximum absolute atomic E-state index is 12.0. The first-order valence-electron chi connectivity index (χ1n) is 7.57. The minimum absolute atomic E-state index is 0.0778. The maximum atomic E-state index is 12.0. The number of amides is 1. The van der Waals surface area contributed by atoms with Crippen molar-refractivity contribution < 1.29 is 14.3 Å². The second kappa shape index (κ2) is 6.00. The molecule has 0 aromatic heterocycles. The minimum Gasteiger partial charge on any atom is -0.376 e. The van der Waals surface area contributed by atoms with E-state index in [0.717, 1.165) is 32.5 Å². The molecular formula is C15H28N2O3. The van der Waals surface area contributed by atoms with Crippen LogP contribution in [0.25, 0.3) is 0 Å². The molecule has 5 heteroatoms. The van der Waals surface area contributed by atoms with E-state index in [0.29, 0.717) is 13.1 Å². The van der Waals surface area contributed by atoms with Gasteiger partial charge in [0.05, 0.1) is 23.9 Å². The minimum atomic E-state index is -0.212. The second-order valence-electron chi connectivity index (χ2n) is 7.21. The van der Waals surface area contributed by atoms with E-state index >= 15 is 0 Å². The lowest BCUT2D eigenvalue weighted by molar-refractivity contribution is -0.181. The molecule has 116 valence electrons. The molecule has 0 bridgehead atoms. The Morgan fingerprint density at radius 1 is 1.25 bits per heavy atom. The van der Waals surface area contributed by atoms with Crippen LogP contribution in [0.15, 0.2) is 0 Å². The molecular weight excluding hydrogens is 256 g/mol. The Morgan fingerprint density at radius 3 is 2.45 bits per heavy atom. The average Bonchev–Trinajstić information content (AvgIpc) is 2.74. The van der Waals surface area contributed by atoms with E-state index in [1.807, 2.05) is 0 Å². The van der Waals surface area contributed by atoms with E-state index in [1.54, 1.807) is 0 Å². The summed E-state index contributed by atoms with van der Waals surface area (Å²) in [6.45, 7) is 11.8. The summed E-state index contributed by atoms with van der Waals surface area (Å²) in [4.78, 5) is 14.2. The molecule has 20 heavy (non-hydrogen) atoms. The molecule has 0 radical (unpaired) electrons. The maximum Gasteiger partial charge on any atom is 0.234 e. The summed E-state index contributed by atoms with van der Waals surface area (Å²) in [7, 11) is 0. The quantitative estimate of drug-likeness (QED) is 0.842. The summed E-state index contributed by atoms with van der Waals surface area (Å²) >= 11 is 0. The van der Waals surface area contributed by atoms with Crippen LogP contribution in [0.4, 0.5) is 0 Å². The molecule has 1 N–H and O–H groups in total. The number of ether oxygens (including phenoxy) is 2. The molecule has 2 saturated heterocycles. The van der Waals surface area contributed by atoms with Crippen molar-refractivity contribution in [1.82, 2.24) is 10.2 Å². The lowest BCUT2D eigenvalue weighted by Crippen LogP contribution is -2.58. The Bertz CT molecular complexity index is 333. The molecule has 0 aliphatic carbocycles. The highest BCUT2D eigenvalue weighted by molar-refractivity contribution is 5.78. The first kappa shape index (κ1) is 15.7. The Labute approximate surface area is 122 Å². The number of rotatable bonds is 4. The van der Waals surface area contributed by atoms with Crippen LogP contribution >= 0.6 is 0 Å². The van der Waals surface area contributed by atoms with Gasteiger partial charge in [0.25, 0.3) is 0 Å². The van der Waals surface area contributed by atoms with Crippen LogP contribution in [0, 0.1) is 0 Å². The van der Waals surface area contributed by atoms with E-state index in [1.165, 1.54) is 0 Å². The number of nitrogens with one attached hydrogen (secondary N) is 1. The van der Waals surface area contributed by atoms with Crippen molar-refractivity contribution >= 4 is 5.91 Å². The van der Waals surface area contributed by atoms with Gasteiger partial charge < -0.3 is 14.8 Å². The van der Waals surface area contributed by atoms with Crippen LogP contribution in [0.3, 0.4) is 0 Å². The molecule has 2 aliphatic heterocycles. The molecule has 5 nitrogen and oxygen atoms in total. The first-order chi connectivity index (χ1) is 9.26. The van der Waals surface area contributed by atoms with E-state index in [9.17, 15) is 4.79 Å². The fourth-order valence-electron chi connectivity index (χ4n) is 3.35. The zero-order valence-corrected chi connectivity index (χ0v) is 13.2. The molecule has 0 aromatic rings. The molecule has 1 unspecified atom stereocenters. The predicted molar refractivity (Wildman–Crippen MR) is 77.7 cm³/mol. The monoisotopic (exact) mass is 284 g/mol. The molecule has 0 spiro atoms. The van der Waals surface area contributed by atoms with Gasteiger partial charge in [-0.1, -0.05) is 0 Å². The van der Waals surface area contributed by atoms with Crippen LogP contribution < -0.4 is 5.32 Å². The van der Waals surface area contributed by atoms with Crippen LogP contribution in [-0.2, 0) is 14.3 Å². The number of hydrogen-bond donors (Lipinski definition) is 1. The van der Waals surface area contributed by atoms with Gasteiger partial charge in [0.1, 0.15) is 0 Å². The molecule has 0 saturated carbocycles. The van der Waals surface area contributed by atoms with E-state index in [2.05, 4.69) is 37.9 Å². The van der Waals surface area contributed by atoms with Crippen LogP contribution in [0.5, 0.6) is 0 Å². The highest BCUT2D eigenvalue weighted by atomic mass is 16.5. The van der Waals surface area contributed by atoms with E-state index < -0.39 is 0 Å². The Hall–Kier alpha value is -0.650. The molecule has 2 rings (SSSR count). The highest BCUT2D eigenvalue weighted by Gasteiger charge is 2.38. The van der Waals surface area contributed by atoms with Crippen LogP contribution in [-0.4, -0.2) is 60.9 Å². The van der Waals surface area contributed by atoms with Gasteiger partial charge in [-0.25, -0.2) is 0 Å². The molecule has 2 fully saturated rings. The van der Waals surface area contributed by atoms with E-state index in [-0.39, 0.29) is 23.2 Å². The second-order valence-corrected chi connectivity index (χ2v) is 7.21. The SMILES string of the molecule is CC1(C)CN(CC(=O)NCC2CCCO2)CC(C)(C)O1. The van der Waals surface area contributed by atoms with Crippen molar-refractivity contribution in [2.24, 2.45) is 0 Å². The molecule has 1 amide bonds. The summed E-state index contributed by atoms with van der Waals surface area (Å²) in [5.74, 6) is 0.0778. The zero-order chi connectivity index (χ0) is 14.8. The van der Waals surface area contributed by atoms with Crippen molar-refractivity contribution in [3.63, 3.8) is 0 Å². The molecule has 2 heterocycles. The number of morpholine rings is 1. The van der Waals surface area contributed by atoms with Gasteiger partial charge in [-0.05, 0) is 40.5 Å². The van der Waals surface area contributed by atoms with Gasteiger partial charge in [-0.3, -0.25) is 9.69 Å². The van der Waals surface area contributed by atoms with Gasteiger partial charge in [0, 0.05) is 26.2 Å².